The van der Waals surface area contributed by atoms with Crippen molar-refractivity contribution in [2.45, 2.75) is 26.3 Å². The summed E-state index contributed by atoms with van der Waals surface area (Å²) in [6.07, 6.45) is 0.648. The summed E-state index contributed by atoms with van der Waals surface area (Å²) in [5.41, 5.74) is 0.269. The van der Waals surface area contributed by atoms with E-state index in [0.29, 0.717) is 12.2 Å². The minimum atomic E-state index is -0.827. The fourth-order valence-corrected chi connectivity index (χ4v) is 2.29. The molecule has 9 nitrogen and oxygen atoms in total. The largest absolute Gasteiger partial charge is 0.496 e. The average Bonchev–Trinajstić information content (AvgIpc) is 2.72. The number of hydrogen-bond acceptors (Lipinski definition) is 7. The number of para-hydroxylation sites is 1. The molecule has 0 fully saturated rings. The summed E-state index contributed by atoms with van der Waals surface area (Å²) in [6, 6.07) is 5.71. The van der Waals surface area contributed by atoms with Crippen molar-refractivity contribution >= 4 is 23.8 Å². The highest BCUT2D eigenvalue weighted by atomic mass is 16.5. The monoisotopic (exact) mass is 394 g/mol. The van der Waals surface area contributed by atoms with E-state index in [-0.39, 0.29) is 11.5 Å². The fourth-order valence-electron chi connectivity index (χ4n) is 2.29. The lowest BCUT2D eigenvalue weighted by Crippen LogP contribution is -2.47. The third kappa shape index (κ3) is 6.90. The van der Waals surface area contributed by atoms with Crippen molar-refractivity contribution in [3.05, 3.63) is 29.8 Å². The predicted molar refractivity (Wildman–Crippen MR) is 99.7 cm³/mol. The molecule has 0 unspecified atom stereocenters. The number of ether oxygens (including phenoxy) is 3. The van der Waals surface area contributed by atoms with Crippen LogP contribution in [0.3, 0.4) is 0 Å². The van der Waals surface area contributed by atoms with E-state index in [1.54, 1.807) is 31.2 Å². The van der Waals surface area contributed by atoms with E-state index >= 15 is 0 Å². The van der Waals surface area contributed by atoms with Gasteiger partial charge in [0.2, 0.25) is 0 Å². The van der Waals surface area contributed by atoms with Crippen molar-refractivity contribution in [2.75, 3.05) is 27.4 Å². The van der Waals surface area contributed by atoms with Crippen LogP contribution < -0.4 is 15.4 Å². The van der Waals surface area contributed by atoms with Crippen molar-refractivity contribution < 1.29 is 33.4 Å². The Kier molecular flexibility index (Phi) is 9.49. The molecule has 0 aliphatic carbocycles. The first-order valence-electron chi connectivity index (χ1n) is 8.78. The van der Waals surface area contributed by atoms with Gasteiger partial charge < -0.3 is 24.8 Å². The van der Waals surface area contributed by atoms with Crippen LogP contribution in [0.4, 0.5) is 0 Å². The number of carbonyl (C=O) groups excluding carboxylic acids is 4. The first kappa shape index (κ1) is 22.9. The molecular weight excluding hydrogens is 368 g/mol. The molecule has 0 saturated carbocycles. The van der Waals surface area contributed by atoms with Gasteiger partial charge in [0.25, 0.3) is 11.8 Å². The molecule has 0 radical (unpaired) electrons. The van der Waals surface area contributed by atoms with Crippen LogP contribution in [-0.4, -0.2) is 57.2 Å². The lowest BCUT2D eigenvalue weighted by atomic mass is 9.99. The Bertz CT molecular complexity index is 705. The maximum atomic E-state index is 12.1. The number of nitrogens with one attached hydrogen (secondary N) is 2. The van der Waals surface area contributed by atoms with Crippen LogP contribution in [-0.2, 0) is 23.9 Å². The Morgan fingerprint density at radius 1 is 1.11 bits per heavy atom. The number of rotatable bonds is 10. The fraction of sp³-hybridized carbons (Fsp3) is 0.474. The zero-order chi connectivity index (χ0) is 21.1. The molecule has 9 heteroatoms. The number of esters is 2. The molecule has 0 aromatic heterocycles. The molecule has 0 aliphatic heterocycles. The van der Waals surface area contributed by atoms with Crippen LogP contribution in [0.2, 0.25) is 0 Å². The van der Waals surface area contributed by atoms with Crippen molar-refractivity contribution in [3.63, 3.8) is 0 Å². The van der Waals surface area contributed by atoms with E-state index in [0.717, 1.165) is 0 Å². The molecule has 0 bridgehead atoms. The molecule has 0 heterocycles. The topological polar surface area (TPSA) is 120 Å². The molecule has 154 valence electrons. The minimum absolute atomic E-state index is 0.146. The van der Waals surface area contributed by atoms with Crippen molar-refractivity contribution in [1.29, 1.82) is 0 Å². The zero-order valence-corrected chi connectivity index (χ0v) is 16.4. The molecule has 1 rings (SSSR count). The summed E-state index contributed by atoms with van der Waals surface area (Å²) in [6.45, 7) is 2.67. The summed E-state index contributed by atoms with van der Waals surface area (Å²) in [5, 5.41) is 4.88. The van der Waals surface area contributed by atoms with Crippen LogP contribution in [0.1, 0.15) is 30.6 Å². The second kappa shape index (κ2) is 11.6. The normalized spacial score (nSPS) is 12.3. The maximum absolute atomic E-state index is 12.1. The van der Waals surface area contributed by atoms with Gasteiger partial charge in [-0.2, -0.15) is 0 Å². The third-order valence-corrected chi connectivity index (χ3v) is 4.09. The van der Waals surface area contributed by atoms with E-state index < -0.39 is 42.9 Å². The van der Waals surface area contributed by atoms with E-state index in [9.17, 15) is 19.2 Å². The van der Waals surface area contributed by atoms with Crippen molar-refractivity contribution in [1.82, 2.24) is 10.6 Å². The molecule has 2 N–H and O–H groups in total. The number of hydrogen-bond donors (Lipinski definition) is 2. The molecular formula is C19H26N2O7. The quantitative estimate of drug-likeness (QED) is 0.560. The molecule has 1 aromatic rings. The van der Waals surface area contributed by atoms with E-state index in [1.165, 1.54) is 14.2 Å². The first-order valence-corrected chi connectivity index (χ1v) is 8.78. The molecule has 1 aromatic carbocycles. The van der Waals surface area contributed by atoms with Gasteiger partial charge in [0, 0.05) is 0 Å². The molecule has 0 spiro atoms. The van der Waals surface area contributed by atoms with Gasteiger partial charge in [-0.1, -0.05) is 32.4 Å². The van der Waals surface area contributed by atoms with Crippen molar-refractivity contribution in [3.8, 4) is 5.75 Å². The van der Waals surface area contributed by atoms with E-state index in [4.69, 9.17) is 9.47 Å². The van der Waals surface area contributed by atoms with Crippen LogP contribution in [0.25, 0.3) is 0 Å². The highest BCUT2D eigenvalue weighted by molar-refractivity contribution is 5.98. The van der Waals surface area contributed by atoms with E-state index in [2.05, 4.69) is 15.4 Å². The lowest BCUT2D eigenvalue weighted by Gasteiger charge is -2.21. The van der Waals surface area contributed by atoms with Gasteiger partial charge in [-0.3, -0.25) is 14.4 Å². The Labute approximate surface area is 163 Å². The zero-order valence-electron chi connectivity index (χ0n) is 16.4. The van der Waals surface area contributed by atoms with Gasteiger partial charge in [0.15, 0.2) is 6.61 Å². The highest BCUT2D eigenvalue weighted by Crippen LogP contribution is 2.16. The number of carbonyl (C=O) groups is 4. The van der Waals surface area contributed by atoms with Gasteiger partial charge in [0.1, 0.15) is 18.3 Å². The Morgan fingerprint density at radius 3 is 2.39 bits per heavy atom. The number of methoxy groups -OCH3 is 2. The average molecular weight is 394 g/mol. The standard InChI is InChI=1S/C19H26N2O7/c1-5-12(2)17(19(25)27-4)21-15(22)11-28-16(23)10-20-18(24)13-8-6-7-9-14(13)26-3/h6-9,12,17H,5,10-11H2,1-4H3,(H,20,24)(H,21,22)/t12-,17+/m1/s1. The molecule has 0 aliphatic rings. The summed E-state index contributed by atoms with van der Waals surface area (Å²) in [4.78, 5) is 47.6. The van der Waals surface area contributed by atoms with Crippen LogP contribution in [0, 0.1) is 5.92 Å². The van der Waals surface area contributed by atoms with Crippen molar-refractivity contribution in [2.24, 2.45) is 5.92 Å². The smallest absolute Gasteiger partial charge is 0.328 e. The Balaban J connectivity index is 2.48. The SMILES string of the molecule is CC[C@@H](C)[C@H](NC(=O)COC(=O)CNC(=O)c1ccccc1OC)C(=O)OC. The minimum Gasteiger partial charge on any atom is -0.496 e. The van der Waals surface area contributed by atoms with Gasteiger partial charge in [-0.25, -0.2) is 4.79 Å². The summed E-state index contributed by atoms with van der Waals surface area (Å²) >= 11 is 0. The second-order valence-electron chi connectivity index (χ2n) is 6.00. The summed E-state index contributed by atoms with van der Waals surface area (Å²) in [5.74, 6) is -2.30. The third-order valence-electron chi connectivity index (χ3n) is 4.09. The highest BCUT2D eigenvalue weighted by Gasteiger charge is 2.27. The summed E-state index contributed by atoms with van der Waals surface area (Å²) < 4.78 is 14.6. The molecule has 0 saturated heterocycles. The molecule has 2 atom stereocenters. The Morgan fingerprint density at radius 2 is 1.79 bits per heavy atom. The second-order valence-corrected chi connectivity index (χ2v) is 6.00. The van der Waals surface area contributed by atoms with Gasteiger partial charge >= 0.3 is 11.9 Å². The van der Waals surface area contributed by atoms with Gasteiger partial charge in [-0.15, -0.1) is 0 Å². The number of amides is 2. The van der Waals surface area contributed by atoms with Crippen LogP contribution in [0.15, 0.2) is 24.3 Å². The van der Waals surface area contributed by atoms with E-state index in [1.807, 2.05) is 6.92 Å². The van der Waals surface area contributed by atoms with Gasteiger partial charge in [0.05, 0.1) is 19.8 Å². The molecule has 2 amide bonds. The molecule has 28 heavy (non-hydrogen) atoms. The van der Waals surface area contributed by atoms with Crippen LogP contribution >= 0.6 is 0 Å². The van der Waals surface area contributed by atoms with Gasteiger partial charge in [-0.05, 0) is 18.1 Å². The Hall–Kier alpha value is -3.10. The number of benzene rings is 1. The summed E-state index contributed by atoms with van der Waals surface area (Å²) in [7, 11) is 2.66. The predicted octanol–water partition coefficient (Wildman–Crippen LogP) is 0.672. The maximum Gasteiger partial charge on any atom is 0.328 e. The first-order chi connectivity index (χ1) is 13.3. The lowest BCUT2D eigenvalue weighted by molar-refractivity contribution is -0.150. The van der Waals surface area contributed by atoms with Crippen LogP contribution in [0.5, 0.6) is 5.75 Å².